The molecule has 108 valence electrons. The Balaban J connectivity index is 1.85. The molecule has 0 radical (unpaired) electrons. The molecule has 0 saturated carbocycles. The highest BCUT2D eigenvalue weighted by Gasteiger charge is 2.12. The van der Waals surface area contributed by atoms with Gasteiger partial charge in [0.15, 0.2) is 5.82 Å². The van der Waals surface area contributed by atoms with E-state index in [1.54, 1.807) is 0 Å². The molecule has 2 N–H and O–H groups in total. The number of nitrogens with one attached hydrogen (secondary N) is 1. The Hall–Kier alpha value is -1.51. The van der Waals surface area contributed by atoms with E-state index in [0.29, 0.717) is 11.9 Å². The average Bonchev–Trinajstić information content (AvgIpc) is 2.88. The van der Waals surface area contributed by atoms with Crippen molar-refractivity contribution in [3.05, 3.63) is 35.0 Å². The van der Waals surface area contributed by atoms with Gasteiger partial charge in [0.25, 0.3) is 0 Å². The fraction of sp³-hybridized carbons (Fsp3) is 0.273. The Bertz CT molecular complexity index is 548. The van der Waals surface area contributed by atoms with E-state index in [2.05, 4.69) is 14.1 Å². The molecule has 2 rings (SSSR count). The molecule has 0 spiro atoms. The molecule has 20 heavy (non-hydrogen) atoms. The number of benzene rings is 1. The van der Waals surface area contributed by atoms with Crippen LogP contribution in [0.5, 0.6) is 5.88 Å². The van der Waals surface area contributed by atoms with Crippen LogP contribution in [0.1, 0.15) is 0 Å². The van der Waals surface area contributed by atoms with E-state index < -0.39 is 17.7 Å². The smallest absolute Gasteiger partial charge is 0.245 e. The van der Waals surface area contributed by atoms with E-state index in [9.17, 15) is 13.9 Å². The Kier molecular flexibility index (Phi) is 5.05. The normalized spacial score (nSPS) is 12.2. The summed E-state index contributed by atoms with van der Waals surface area (Å²) >= 11 is 6.69. The van der Waals surface area contributed by atoms with Gasteiger partial charge in [0.1, 0.15) is 24.7 Å². The predicted molar refractivity (Wildman–Crippen MR) is 71.3 cm³/mol. The average molecular weight is 322 g/mol. The van der Waals surface area contributed by atoms with Crippen molar-refractivity contribution < 1.29 is 18.6 Å². The summed E-state index contributed by atoms with van der Waals surface area (Å²) in [5.74, 6) is -1.29. The van der Waals surface area contributed by atoms with Gasteiger partial charge in [-0.3, -0.25) is 0 Å². The quantitative estimate of drug-likeness (QED) is 0.854. The zero-order valence-corrected chi connectivity index (χ0v) is 11.6. The molecule has 1 atom stereocenters. The van der Waals surface area contributed by atoms with Gasteiger partial charge in [-0.05, 0) is 6.07 Å². The van der Waals surface area contributed by atoms with E-state index in [4.69, 9.17) is 16.3 Å². The topological polar surface area (TPSA) is 67.3 Å². The Morgan fingerprint density at radius 3 is 2.90 bits per heavy atom. The number of aromatic nitrogens is 2. The van der Waals surface area contributed by atoms with Crippen LogP contribution in [0.2, 0.25) is 5.02 Å². The first kappa shape index (κ1) is 14.9. The molecular weight excluding hydrogens is 312 g/mol. The number of hydrogen-bond donors (Lipinski definition) is 2. The van der Waals surface area contributed by atoms with Crippen molar-refractivity contribution in [2.45, 2.75) is 6.10 Å². The number of halogens is 3. The number of nitrogens with zero attached hydrogens (tertiary/aromatic N) is 2. The summed E-state index contributed by atoms with van der Waals surface area (Å²) in [5, 5.41) is 12.2. The Morgan fingerprint density at radius 2 is 2.25 bits per heavy atom. The standard InChI is InChI=1S/C11H10ClF2N3O2S/c12-8-1-6(13)2-9(14)11(8)15-3-7(18)5-19-10-4-16-20-17-10/h1-2,4,7,15,18H,3,5H2. The molecule has 0 fully saturated rings. The van der Waals surface area contributed by atoms with E-state index in [1.807, 2.05) is 0 Å². The van der Waals surface area contributed by atoms with Crippen LogP contribution < -0.4 is 10.1 Å². The summed E-state index contributed by atoms with van der Waals surface area (Å²) in [6, 6.07) is 1.69. The minimum absolute atomic E-state index is 0.0140. The van der Waals surface area contributed by atoms with Crippen molar-refractivity contribution in [1.29, 1.82) is 0 Å². The van der Waals surface area contributed by atoms with E-state index in [0.717, 1.165) is 17.8 Å². The first-order valence-electron chi connectivity index (χ1n) is 5.53. The summed E-state index contributed by atoms with van der Waals surface area (Å²) in [6.45, 7) is -0.0569. The molecule has 1 heterocycles. The molecule has 0 aliphatic heterocycles. The number of aliphatic hydroxyl groups excluding tert-OH is 1. The lowest BCUT2D eigenvalue weighted by Crippen LogP contribution is -2.26. The van der Waals surface area contributed by atoms with Crippen LogP contribution in [-0.4, -0.2) is 33.1 Å². The second-order valence-corrected chi connectivity index (χ2v) is 4.80. The number of anilines is 1. The second kappa shape index (κ2) is 6.78. The molecule has 5 nitrogen and oxygen atoms in total. The van der Waals surface area contributed by atoms with Crippen molar-refractivity contribution in [2.24, 2.45) is 0 Å². The summed E-state index contributed by atoms with van der Waals surface area (Å²) < 4.78 is 39.0. The van der Waals surface area contributed by atoms with Crippen molar-refractivity contribution in [3.63, 3.8) is 0 Å². The first-order valence-corrected chi connectivity index (χ1v) is 6.64. The van der Waals surface area contributed by atoms with Gasteiger partial charge in [-0.1, -0.05) is 11.6 Å². The maximum Gasteiger partial charge on any atom is 0.245 e. The number of ether oxygens (including phenoxy) is 1. The molecule has 1 unspecified atom stereocenters. The van der Waals surface area contributed by atoms with Gasteiger partial charge in [0.05, 0.1) is 22.4 Å². The fourth-order valence-corrected chi connectivity index (χ4v) is 2.02. The van der Waals surface area contributed by atoms with Gasteiger partial charge < -0.3 is 15.2 Å². The summed E-state index contributed by atoms with van der Waals surface area (Å²) in [6.07, 6.45) is 0.499. The molecule has 0 bridgehead atoms. The molecule has 0 saturated heterocycles. The number of aliphatic hydroxyl groups is 1. The third kappa shape index (κ3) is 3.99. The maximum absolute atomic E-state index is 13.5. The van der Waals surface area contributed by atoms with Gasteiger partial charge in [0.2, 0.25) is 5.88 Å². The van der Waals surface area contributed by atoms with Crippen molar-refractivity contribution in [2.75, 3.05) is 18.5 Å². The minimum Gasteiger partial charge on any atom is -0.473 e. The molecule has 0 aliphatic rings. The van der Waals surface area contributed by atoms with Gasteiger partial charge in [-0.25, -0.2) is 8.78 Å². The maximum atomic E-state index is 13.5. The summed E-state index contributed by atoms with van der Waals surface area (Å²) in [7, 11) is 0. The monoisotopic (exact) mass is 321 g/mol. The molecule has 1 aromatic heterocycles. The van der Waals surface area contributed by atoms with Crippen LogP contribution in [0, 0.1) is 11.6 Å². The minimum atomic E-state index is -0.919. The molecule has 2 aromatic rings. The predicted octanol–water partition coefficient (Wildman–Crippen LogP) is 2.32. The lowest BCUT2D eigenvalue weighted by atomic mass is 10.2. The molecule has 0 amide bonds. The van der Waals surface area contributed by atoms with Crippen LogP contribution in [0.4, 0.5) is 14.5 Å². The third-order valence-corrected chi connectivity index (χ3v) is 3.05. The van der Waals surface area contributed by atoms with Crippen molar-refractivity contribution in [1.82, 2.24) is 8.75 Å². The van der Waals surface area contributed by atoms with Crippen LogP contribution in [-0.2, 0) is 0 Å². The lowest BCUT2D eigenvalue weighted by molar-refractivity contribution is 0.115. The van der Waals surface area contributed by atoms with E-state index in [-0.39, 0.29) is 23.9 Å². The highest BCUT2D eigenvalue weighted by Crippen LogP contribution is 2.26. The van der Waals surface area contributed by atoms with Gasteiger partial charge >= 0.3 is 0 Å². The van der Waals surface area contributed by atoms with E-state index in [1.165, 1.54) is 6.20 Å². The fourth-order valence-electron chi connectivity index (χ4n) is 1.39. The van der Waals surface area contributed by atoms with Crippen molar-refractivity contribution in [3.8, 4) is 5.88 Å². The lowest BCUT2D eigenvalue weighted by Gasteiger charge is -2.14. The zero-order chi connectivity index (χ0) is 14.5. The molecule has 1 aromatic carbocycles. The summed E-state index contributed by atoms with van der Waals surface area (Å²) in [4.78, 5) is 0. The summed E-state index contributed by atoms with van der Waals surface area (Å²) in [5.41, 5.74) is -0.0672. The van der Waals surface area contributed by atoms with Crippen LogP contribution in [0.15, 0.2) is 18.3 Å². The van der Waals surface area contributed by atoms with Crippen molar-refractivity contribution >= 4 is 29.0 Å². The first-order chi connectivity index (χ1) is 9.56. The molecule has 9 heteroatoms. The van der Waals surface area contributed by atoms with Crippen LogP contribution >= 0.6 is 23.3 Å². The Morgan fingerprint density at radius 1 is 1.45 bits per heavy atom. The van der Waals surface area contributed by atoms with E-state index >= 15 is 0 Å². The van der Waals surface area contributed by atoms with Crippen LogP contribution in [0.3, 0.4) is 0 Å². The zero-order valence-electron chi connectivity index (χ0n) is 10.0. The third-order valence-electron chi connectivity index (χ3n) is 2.29. The number of hydrogen-bond acceptors (Lipinski definition) is 6. The van der Waals surface area contributed by atoms with Gasteiger partial charge in [-0.2, -0.15) is 4.37 Å². The van der Waals surface area contributed by atoms with Gasteiger partial charge in [-0.15, -0.1) is 4.37 Å². The Labute approximate surface area is 122 Å². The highest BCUT2D eigenvalue weighted by molar-refractivity contribution is 6.99. The molecule has 0 aliphatic carbocycles. The second-order valence-electron chi connectivity index (χ2n) is 3.84. The largest absolute Gasteiger partial charge is 0.473 e. The number of rotatable bonds is 6. The van der Waals surface area contributed by atoms with Crippen LogP contribution in [0.25, 0.3) is 0 Å². The highest BCUT2D eigenvalue weighted by atomic mass is 35.5. The molecular formula is C11H10ClF2N3O2S. The SMILES string of the molecule is OC(CNc1c(F)cc(F)cc1Cl)COc1cnsn1. The van der Waals surface area contributed by atoms with Gasteiger partial charge in [0, 0.05) is 12.6 Å².